The zero-order valence-corrected chi connectivity index (χ0v) is 6.59. The van der Waals surface area contributed by atoms with Crippen molar-refractivity contribution in [1.29, 1.82) is 0 Å². The predicted molar refractivity (Wildman–Crippen MR) is 43.2 cm³/mol. The second-order valence-corrected chi connectivity index (χ2v) is 2.84. The van der Waals surface area contributed by atoms with Gasteiger partial charge in [0.2, 0.25) is 0 Å². The Morgan fingerprint density at radius 1 is 1.73 bits per heavy atom. The average Bonchev–Trinajstić information content (AvgIpc) is 2.36. The molecule has 1 aromatic heterocycles. The highest BCUT2D eigenvalue weighted by Gasteiger charge is 2.17. The van der Waals surface area contributed by atoms with Crippen molar-refractivity contribution in [3.05, 3.63) is 22.9 Å². The van der Waals surface area contributed by atoms with Gasteiger partial charge in [-0.1, -0.05) is 5.92 Å². The van der Waals surface area contributed by atoms with E-state index in [1.165, 1.54) is 4.57 Å². The van der Waals surface area contributed by atoms with Gasteiger partial charge >= 0.3 is 5.69 Å². The zero-order valence-electron chi connectivity index (χ0n) is 6.59. The van der Waals surface area contributed by atoms with Gasteiger partial charge in [0.15, 0.2) is 0 Å². The number of nitrogens with one attached hydrogen (secondary N) is 1. The molecular weight excluding hydrogens is 140 g/mol. The first-order valence-electron chi connectivity index (χ1n) is 3.32. The molecule has 1 rings (SSSR count). The fraction of sp³-hybridized carbons (Fsp3) is 0.375. The van der Waals surface area contributed by atoms with Gasteiger partial charge in [-0.2, -0.15) is 0 Å². The van der Waals surface area contributed by atoms with E-state index in [1.54, 1.807) is 12.4 Å². The number of rotatable bonds is 1. The third-order valence-electron chi connectivity index (χ3n) is 1.60. The van der Waals surface area contributed by atoms with Crippen molar-refractivity contribution in [2.24, 2.45) is 0 Å². The lowest BCUT2D eigenvalue weighted by molar-refractivity contribution is 0.460. The summed E-state index contributed by atoms with van der Waals surface area (Å²) in [6.45, 7) is 3.62. The Labute approximate surface area is 65.1 Å². The number of H-pyrrole nitrogens is 1. The van der Waals surface area contributed by atoms with Crippen molar-refractivity contribution in [3.8, 4) is 12.3 Å². The van der Waals surface area contributed by atoms with Crippen LogP contribution in [0.3, 0.4) is 0 Å². The first-order valence-corrected chi connectivity index (χ1v) is 3.32. The number of aromatic nitrogens is 2. The van der Waals surface area contributed by atoms with Gasteiger partial charge in [0.25, 0.3) is 0 Å². The Kier molecular flexibility index (Phi) is 1.61. The van der Waals surface area contributed by atoms with E-state index in [4.69, 9.17) is 6.42 Å². The van der Waals surface area contributed by atoms with Gasteiger partial charge in [-0.15, -0.1) is 6.42 Å². The highest BCUT2D eigenvalue weighted by molar-refractivity contribution is 5.06. The summed E-state index contributed by atoms with van der Waals surface area (Å²) in [7, 11) is 0. The molecule has 0 saturated heterocycles. The monoisotopic (exact) mass is 150 g/mol. The fourth-order valence-electron chi connectivity index (χ4n) is 0.830. The van der Waals surface area contributed by atoms with E-state index < -0.39 is 5.54 Å². The molecule has 0 aromatic carbocycles. The molecule has 0 atom stereocenters. The molecule has 0 aliphatic heterocycles. The van der Waals surface area contributed by atoms with Crippen LogP contribution in [0, 0.1) is 12.3 Å². The quantitative estimate of drug-likeness (QED) is 0.583. The number of imidazole rings is 1. The minimum Gasteiger partial charge on any atom is -0.313 e. The van der Waals surface area contributed by atoms with Crippen LogP contribution in [0.2, 0.25) is 0 Å². The zero-order chi connectivity index (χ0) is 8.48. The van der Waals surface area contributed by atoms with Crippen LogP contribution in [0.5, 0.6) is 0 Å². The SMILES string of the molecule is C#CC(C)(C)n1cc[nH]c1=O. The summed E-state index contributed by atoms with van der Waals surface area (Å²) in [5.74, 6) is 2.53. The second kappa shape index (κ2) is 2.31. The molecule has 0 unspecified atom stereocenters. The Balaban J connectivity index is 3.24. The molecule has 0 spiro atoms. The molecule has 0 aliphatic rings. The van der Waals surface area contributed by atoms with Gasteiger partial charge in [0.05, 0.1) is 0 Å². The number of hydrogen-bond acceptors (Lipinski definition) is 1. The largest absolute Gasteiger partial charge is 0.326 e. The van der Waals surface area contributed by atoms with Crippen LogP contribution < -0.4 is 5.69 Å². The van der Waals surface area contributed by atoms with Crippen LogP contribution in [-0.2, 0) is 5.54 Å². The standard InChI is InChI=1S/C8H10N2O/c1-4-8(2,3)10-6-5-9-7(10)11/h1,5-6H,2-3H3,(H,9,11). The van der Waals surface area contributed by atoms with Crippen molar-refractivity contribution in [1.82, 2.24) is 9.55 Å². The van der Waals surface area contributed by atoms with Gasteiger partial charge < -0.3 is 4.98 Å². The van der Waals surface area contributed by atoms with Gasteiger partial charge in [0, 0.05) is 12.4 Å². The first kappa shape index (κ1) is 7.67. The summed E-state index contributed by atoms with van der Waals surface area (Å²) in [6.07, 6.45) is 8.45. The van der Waals surface area contributed by atoms with E-state index in [0.29, 0.717) is 0 Å². The number of hydrogen-bond donors (Lipinski definition) is 1. The Morgan fingerprint density at radius 2 is 2.36 bits per heavy atom. The van der Waals surface area contributed by atoms with E-state index in [-0.39, 0.29) is 5.69 Å². The van der Waals surface area contributed by atoms with Crippen molar-refractivity contribution >= 4 is 0 Å². The predicted octanol–water partition coefficient (Wildman–Crippen LogP) is 0.545. The maximum Gasteiger partial charge on any atom is 0.326 e. The van der Waals surface area contributed by atoms with Crippen molar-refractivity contribution in [2.45, 2.75) is 19.4 Å². The maximum absolute atomic E-state index is 11.0. The summed E-state index contributed by atoms with van der Waals surface area (Å²) in [6, 6.07) is 0. The second-order valence-electron chi connectivity index (χ2n) is 2.84. The molecule has 0 aliphatic carbocycles. The van der Waals surface area contributed by atoms with Crippen LogP contribution in [0.25, 0.3) is 0 Å². The van der Waals surface area contributed by atoms with E-state index in [0.717, 1.165) is 0 Å². The van der Waals surface area contributed by atoms with Gasteiger partial charge in [-0.3, -0.25) is 4.57 Å². The van der Waals surface area contributed by atoms with E-state index in [9.17, 15) is 4.79 Å². The van der Waals surface area contributed by atoms with Crippen LogP contribution in [-0.4, -0.2) is 9.55 Å². The molecule has 1 N–H and O–H groups in total. The van der Waals surface area contributed by atoms with E-state index in [2.05, 4.69) is 10.9 Å². The molecule has 0 fully saturated rings. The van der Waals surface area contributed by atoms with E-state index in [1.807, 2.05) is 13.8 Å². The summed E-state index contributed by atoms with van der Waals surface area (Å²) in [5.41, 5.74) is -0.718. The number of terminal acetylenes is 1. The molecular formula is C8H10N2O. The molecule has 0 bridgehead atoms. The lowest BCUT2D eigenvalue weighted by Gasteiger charge is -2.17. The topological polar surface area (TPSA) is 37.8 Å². The summed E-state index contributed by atoms with van der Waals surface area (Å²) >= 11 is 0. The molecule has 3 heteroatoms. The fourth-order valence-corrected chi connectivity index (χ4v) is 0.830. The minimum atomic E-state index is -0.545. The summed E-state index contributed by atoms with van der Waals surface area (Å²) in [5, 5.41) is 0. The van der Waals surface area contributed by atoms with Crippen LogP contribution in [0.15, 0.2) is 17.2 Å². The average molecular weight is 150 g/mol. The van der Waals surface area contributed by atoms with Gasteiger partial charge in [-0.05, 0) is 13.8 Å². The number of nitrogens with zero attached hydrogens (tertiary/aromatic N) is 1. The third-order valence-corrected chi connectivity index (χ3v) is 1.60. The molecule has 0 saturated carbocycles. The van der Waals surface area contributed by atoms with Gasteiger partial charge in [0.1, 0.15) is 5.54 Å². The molecule has 1 heterocycles. The minimum absolute atomic E-state index is 0.173. The highest BCUT2D eigenvalue weighted by atomic mass is 16.1. The smallest absolute Gasteiger partial charge is 0.313 e. The van der Waals surface area contributed by atoms with Crippen LogP contribution in [0.4, 0.5) is 0 Å². The Hall–Kier alpha value is -1.43. The lowest BCUT2D eigenvalue weighted by atomic mass is 10.1. The lowest BCUT2D eigenvalue weighted by Crippen LogP contribution is -2.32. The molecule has 0 radical (unpaired) electrons. The molecule has 58 valence electrons. The number of aromatic amines is 1. The maximum atomic E-state index is 11.0. The van der Waals surface area contributed by atoms with Crippen molar-refractivity contribution in [3.63, 3.8) is 0 Å². The molecule has 0 amide bonds. The van der Waals surface area contributed by atoms with Crippen LogP contribution >= 0.6 is 0 Å². The van der Waals surface area contributed by atoms with Crippen molar-refractivity contribution in [2.75, 3.05) is 0 Å². The van der Waals surface area contributed by atoms with E-state index >= 15 is 0 Å². The van der Waals surface area contributed by atoms with Crippen LogP contribution in [0.1, 0.15) is 13.8 Å². The first-order chi connectivity index (χ1) is 5.08. The Bertz CT molecular complexity index is 337. The molecule has 11 heavy (non-hydrogen) atoms. The summed E-state index contributed by atoms with van der Waals surface area (Å²) in [4.78, 5) is 13.6. The molecule has 3 nitrogen and oxygen atoms in total. The van der Waals surface area contributed by atoms with Gasteiger partial charge in [-0.25, -0.2) is 4.79 Å². The summed E-state index contributed by atoms with van der Waals surface area (Å²) < 4.78 is 1.48. The normalized spacial score (nSPS) is 11.0. The highest BCUT2D eigenvalue weighted by Crippen LogP contribution is 2.08. The van der Waals surface area contributed by atoms with Crippen molar-refractivity contribution < 1.29 is 0 Å². The molecule has 1 aromatic rings. The Morgan fingerprint density at radius 3 is 2.73 bits per heavy atom. The third kappa shape index (κ3) is 1.20.